The number of hydrogen-bond donors (Lipinski definition) is 1. The summed E-state index contributed by atoms with van der Waals surface area (Å²) in [4.78, 5) is 8.79. The van der Waals surface area contributed by atoms with Crippen LogP contribution in [0.4, 0.5) is 17.1 Å². The molecule has 1 aromatic heterocycles. The quantitative estimate of drug-likeness (QED) is 0.419. The van der Waals surface area contributed by atoms with Crippen molar-refractivity contribution in [3.8, 4) is 17.1 Å². The summed E-state index contributed by atoms with van der Waals surface area (Å²) >= 11 is 1.82. The topological polar surface area (TPSA) is 50.5 Å². The van der Waals surface area contributed by atoms with Crippen molar-refractivity contribution in [1.29, 1.82) is 0 Å². The van der Waals surface area contributed by atoms with Crippen molar-refractivity contribution in [2.45, 2.75) is 16.3 Å². The van der Waals surface area contributed by atoms with E-state index in [1.165, 1.54) is 33.1 Å². The molecule has 5 nitrogen and oxygen atoms in total. The monoisotopic (exact) mass is 415 g/mol. The van der Waals surface area contributed by atoms with Crippen molar-refractivity contribution >= 4 is 28.8 Å². The lowest BCUT2D eigenvalue weighted by molar-refractivity contribution is 0.415. The standard InChI is InChI=1S/C24H21N3O2S/c1-27-19-5-3-4-6-23(19)30-24-11-16(7-10-20(24)27)13-26-17-8-9-18(21(12-17)28-2)22-14-25-15-29-22/h3-12,14-15,26H,13H2,1-2H3. The Morgan fingerprint density at radius 2 is 1.90 bits per heavy atom. The number of para-hydroxylation sites is 1. The molecule has 0 bridgehead atoms. The van der Waals surface area contributed by atoms with E-state index in [0.29, 0.717) is 5.76 Å². The zero-order valence-electron chi connectivity index (χ0n) is 16.8. The summed E-state index contributed by atoms with van der Waals surface area (Å²) in [6.07, 6.45) is 3.11. The molecule has 2 heterocycles. The van der Waals surface area contributed by atoms with E-state index in [4.69, 9.17) is 9.15 Å². The third kappa shape index (κ3) is 3.39. The maximum atomic E-state index is 5.54. The molecule has 1 aliphatic rings. The SMILES string of the molecule is COc1cc(NCc2ccc3c(c2)Sc2ccccc2N3C)ccc1-c1cnco1. The minimum absolute atomic E-state index is 0.689. The Morgan fingerprint density at radius 3 is 2.73 bits per heavy atom. The summed E-state index contributed by atoms with van der Waals surface area (Å²) in [5.74, 6) is 1.44. The van der Waals surface area contributed by atoms with Crippen LogP contribution in [0.5, 0.6) is 5.75 Å². The van der Waals surface area contributed by atoms with Gasteiger partial charge in [0.15, 0.2) is 12.2 Å². The van der Waals surface area contributed by atoms with Crippen molar-refractivity contribution in [2.75, 3.05) is 24.4 Å². The second-order valence-electron chi connectivity index (χ2n) is 7.07. The van der Waals surface area contributed by atoms with Crippen LogP contribution in [-0.4, -0.2) is 19.1 Å². The van der Waals surface area contributed by atoms with Crippen LogP contribution in [0.3, 0.4) is 0 Å². The summed E-state index contributed by atoms with van der Waals surface area (Å²) in [6, 6.07) is 21.1. The van der Waals surface area contributed by atoms with Gasteiger partial charge in [-0.1, -0.05) is 30.0 Å². The van der Waals surface area contributed by atoms with Crippen molar-refractivity contribution < 1.29 is 9.15 Å². The van der Waals surface area contributed by atoms with Crippen LogP contribution in [0.1, 0.15) is 5.56 Å². The molecule has 0 amide bonds. The summed E-state index contributed by atoms with van der Waals surface area (Å²) < 4.78 is 10.9. The third-order valence-corrected chi connectivity index (χ3v) is 6.34. The number of fused-ring (bicyclic) bond motifs is 2. The van der Waals surface area contributed by atoms with E-state index in [1.807, 2.05) is 30.0 Å². The first-order valence-electron chi connectivity index (χ1n) is 9.67. The Kier molecular flexibility index (Phi) is 4.85. The van der Waals surface area contributed by atoms with Crippen LogP contribution in [0.15, 0.2) is 87.5 Å². The van der Waals surface area contributed by atoms with Gasteiger partial charge in [-0.15, -0.1) is 0 Å². The number of oxazole rings is 1. The number of nitrogens with zero attached hydrogens (tertiary/aromatic N) is 2. The average molecular weight is 416 g/mol. The highest BCUT2D eigenvalue weighted by Crippen LogP contribution is 2.47. The minimum Gasteiger partial charge on any atom is -0.496 e. The predicted octanol–water partition coefficient (Wildman–Crippen LogP) is 6.19. The number of methoxy groups -OCH3 is 1. The molecule has 4 aromatic rings. The Bertz CT molecular complexity index is 1190. The lowest BCUT2D eigenvalue weighted by Gasteiger charge is -2.29. The van der Waals surface area contributed by atoms with Crippen LogP contribution in [0.25, 0.3) is 11.3 Å². The molecule has 0 atom stereocenters. The highest BCUT2D eigenvalue weighted by atomic mass is 32.2. The van der Waals surface area contributed by atoms with Crippen molar-refractivity contribution in [3.63, 3.8) is 0 Å². The molecule has 6 heteroatoms. The maximum Gasteiger partial charge on any atom is 0.181 e. The normalized spacial score (nSPS) is 12.3. The van der Waals surface area contributed by atoms with Gasteiger partial charge in [-0.05, 0) is 42.0 Å². The van der Waals surface area contributed by atoms with E-state index in [-0.39, 0.29) is 0 Å². The number of anilines is 3. The highest BCUT2D eigenvalue weighted by molar-refractivity contribution is 7.99. The van der Waals surface area contributed by atoms with Crippen LogP contribution in [0, 0.1) is 0 Å². The highest BCUT2D eigenvalue weighted by Gasteiger charge is 2.20. The van der Waals surface area contributed by atoms with Crippen LogP contribution in [0.2, 0.25) is 0 Å². The summed E-state index contributed by atoms with van der Waals surface area (Å²) in [6.45, 7) is 0.726. The molecule has 3 aromatic carbocycles. The van der Waals surface area contributed by atoms with Gasteiger partial charge in [0.25, 0.3) is 0 Å². The lowest BCUT2D eigenvalue weighted by Crippen LogP contribution is -2.14. The average Bonchev–Trinajstić information content (AvgIpc) is 3.32. The molecular formula is C24H21N3O2S. The zero-order chi connectivity index (χ0) is 20.5. The van der Waals surface area contributed by atoms with Gasteiger partial charge in [-0.25, -0.2) is 4.98 Å². The fraction of sp³-hybridized carbons (Fsp3) is 0.125. The second-order valence-corrected chi connectivity index (χ2v) is 8.15. The molecular weight excluding hydrogens is 394 g/mol. The van der Waals surface area contributed by atoms with Gasteiger partial charge in [0.2, 0.25) is 0 Å². The number of aromatic nitrogens is 1. The number of benzene rings is 3. The fourth-order valence-electron chi connectivity index (χ4n) is 3.65. The number of nitrogens with one attached hydrogen (secondary N) is 1. The van der Waals surface area contributed by atoms with Gasteiger partial charge in [0.1, 0.15) is 5.75 Å². The summed E-state index contributed by atoms with van der Waals surface area (Å²) in [5, 5.41) is 3.50. The van der Waals surface area contributed by atoms with Crippen LogP contribution >= 0.6 is 11.8 Å². The van der Waals surface area contributed by atoms with E-state index in [9.17, 15) is 0 Å². The van der Waals surface area contributed by atoms with E-state index >= 15 is 0 Å². The maximum absolute atomic E-state index is 5.54. The van der Waals surface area contributed by atoms with Crippen LogP contribution < -0.4 is 15.0 Å². The predicted molar refractivity (Wildman–Crippen MR) is 121 cm³/mol. The van der Waals surface area contributed by atoms with E-state index in [2.05, 4.69) is 64.7 Å². The summed E-state index contributed by atoms with van der Waals surface area (Å²) in [5.41, 5.74) is 5.59. The van der Waals surface area contributed by atoms with E-state index in [1.54, 1.807) is 13.3 Å². The van der Waals surface area contributed by atoms with Gasteiger partial charge in [0, 0.05) is 35.1 Å². The zero-order valence-corrected chi connectivity index (χ0v) is 17.6. The van der Waals surface area contributed by atoms with Gasteiger partial charge in [-0.3, -0.25) is 0 Å². The van der Waals surface area contributed by atoms with Gasteiger partial charge in [0.05, 0.1) is 30.2 Å². The number of ether oxygens (including phenoxy) is 1. The largest absolute Gasteiger partial charge is 0.496 e. The first-order valence-corrected chi connectivity index (χ1v) is 10.5. The molecule has 0 unspecified atom stereocenters. The molecule has 0 saturated heterocycles. The van der Waals surface area contributed by atoms with Crippen LogP contribution in [-0.2, 0) is 6.54 Å². The van der Waals surface area contributed by atoms with Gasteiger partial charge < -0.3 is 19.4 Å². The Morgan fingerprint density at radius 1 is 1.03 bits per heavy atom. The van der Waals surface area contributed by atoms with E-state index in [0.717, 1.165) is 23.5 Å². The van der Waals surface area contributed by atoms with Gasteiger partial charge >= 0.3 is 0 Å². The Labute approximate surface area is 179 Å². The van der Waals surface area contributed by atoms with Crippen molar-refractivity contribution in [3.05, 3.63) is 78.8 Å². The van der Waals surface area contributed by atoms with E-state index < -0.39 is 0 Å². The molecule has 30 heavy (non-hydrogen) atoms. The third-order valence-electron chi connectivity index (χ3n) is 5.23. The molecule has 0 saturated carbocycles. The molecule has 5 rings (SSSR count). The molecule has 0 fully saturated rings. The summed E-state index contributed by atoms with van der Waals surface area (Å²) in [7, 11) is 3.78. The number of rotatable bonds is 5. The Hall–Kier alpha value is -3.38. The number of hydrogen-bond acceptors (Lipinski definition) is 6. The molecule has 0 aliphatic carbocycles. The van der Waals surface area contributed by atoms with Gasteiger partial charge in [-0.2, -0.15) is 0 Å². The van der Waals surface area contributed by atoms with Crippen molar-refractivity contribution in [2.24, 2.45) is 0 Å². The first kappa shape index (κ1) is 18.6. The molecule has 1 aliphatic heterocycles. The lowest BCUT2D eigenvalue weighted by atomic mass is 10.1. The minimum atomic E-state index is 0.689. The molecule has 0 radical (unpaired) electrons. The molecule has 150 valence electrons. The fourth-order valence-corrected chi connectivity index (χ4v) is 4.87. The molecule has 1 N–H and O–H groups in total. The second kappa shape index (κ2) is 7.80. The smallest absolute Gasteiger partial charge is 0.181 e. The molecule has 0 spiro atoms. The van der Waals surface area contributed by atoms with Crippen molar-refractivity contribution in [1.82, 2.24) is 4.98 Å². The Balaban J connectivity index is 1.34. The first-order chi connectivity index (χ1) is 14.7.